The molecule has 0 bridgehead atoms. The number of anilines is 1. The van der Waals surface area contributed by atoms with Crippen LogP contribution in [0.25, 0.3) is 0 Å². The number of hydrogen-bond donors (Lipinski definition) is 1. The molecule has 0 saturated heterocycles. The first-order chi connectivity index (χ1) is 7.25. The molecule has 3 heteroatoms. The first-order valence-electron chi connectivity index (χ1n) is 4.65. The highest BCUT2D eigenvalue weighted by atomic mass is 16.3. The zero-order valence-corrected chi connectivity index (χ0v) is 8.14. The van der Waals surface area contributed by atoms with Crippen molar-refractivity contribution in [3.63, 3.8) is 0 Å². The fourth-order valence-electron chi connectivity index (χ4n) is 1.35. The lowest BCUT2D eigenvalue weighted by Gasteiger charge is -1.99. The van der Waals surface area contributed by atoms with Crippen molar-refractivity contribution in [2.45, 2.75) is 6.42 Å². The summed E-state index contributed by atoms with van der Waals surface area (Å²) in [6, 6.07) is 8.70. The van der Waals surface area contributed by atoms with Crippen molar-refractivity contribution in [2.24, 2.45) is 0 Å². The summed E-state index contributed by atoms with van der Waals surface area (Å²) in [6.07, 6.45) is 3.50. The van der Waals surface area contributed by atoms with Gasteiger partial charge in [-0.15, -0.1) is 0 Å². The van der Waals surface area contributed by atoms with Crippen LogP contribution in [0.2, 0.25) is 0 Å². The van der Waals surface area contributed by atoms with Gasteiger partial charge in [0, 0.05) is 17.7 Å². The third-order valence-electron chi connectivity index (χ3n) is 2.18. The number of benzene rings is 1. The maximum absolute atomic E-state index is 11.7. The molecule has 2 N–H and O–H groups in total. The largest absolute Gasteiger partial charge is 0.472 e. The second kappa shape index (κ2) is 4.00. The second-order valence-corrected chi connectivity index (χ2v) is 3.35. The summed E-state index contributed by atoms with van der Waals surface area (Å²) in [4.78, 5) is 11.7. The number of carbonyl (C=O) groups is 1. The van der Waals surface area contributed by atoms with E-state index in [1.807, 2.05) is 0 Å². The van der Waals surface area contributed by atoms with Gasteiger partial charge in [-0.2, -0.15) is 0 Å². The van der Waals surface area contributed by atoms with Gasteiger partial charge in [-0.3, -0.25) is 4.79 Å². The van der Waals surface area contributed by atoms with E-state index in [1.165, 1.54) is 0 Å². The van der Waals surface area contributed by atoms with Crippen LogP contribution >= 0.6 is 0 Å². The molecule has 15 heavy (non-hydrogen) atoms. The first kappa shape index (κ1) is 9.52. The number of carbonyl (C=O) groups excluding carboxylic acids is 1. The molecule has 1 heterocycles. The molecule has 0 atom stereocenters. The van der Waals surface area contributed by atoms with Crippen LogP contribution in [0.4, 0.5) is 5.69 Å². The third-order valence-corrected chi connectivity index (χ3v) is 2.18. The average Bonchev–Trinajstić information content (AvgIpc) is 2.71. The zero-order valence-electron chi connectivity index (χ0n) is 8.14. The van der Waals surface area contributed by atoms with Crippen LogP contribution in [0, 0.1) is 0 Å². The van der Waals surface area contributed by atoms with E-state index < -0.39 is 0 Å². The Morgan fingerprint density at radius 2 is 1.93 bits per heavy atom. The second-order valence-electron chi connectivity index (χ2n) is 3.35. The minimum absolute atomic E-state index is 0.0661. The highest BCUT2D eigenvalue weighted by molar-refractivity contribution is 5.97. The van der Waals surface area contributed by atoms with Gasteiger partial charge in [0.15, 0.2) is 5.78 Å². The quantitative estimate of drug-likeness (QED) is 0.612. The van der Waals surface area contributed by atoms with Gasteiger partial charge in [0.1, 0.15) is 0 Å². The van der Waals surface area contributed by atoms with E-state index >= 15 is 0 Å². The predicted molar refractivity (Wildman–Crippen MR) is 57.6 cm³/mol. The molecule has 2 rings (SSSR count). The number of nitrogen functional groups attached to an aromatic ring is 1. The van der Waals surface area contributed by atoms with Crippen molar-refractivity contribution in [2.75, 3.05) is 5.73 Å². The highest BCUT2D eigenvalue weighted by Crippen LogP contribution is 2.10. The molecule has 0 aliphatic rings. The van der Waals surface area contributed by atoms with Crippen molar-refractivity contribution < 1.29 is 9.21 Å². The minimum atomic E-state index is 0.0661. The van der Waals surface area contributed by atoms with E-state index in [1.54, 1.807) is 42.9 Å². The van der Waals surface area contributed by atoms with E-state index in [0.717, 1.165) is 5.56 Å². The van der Waals surface area contributed by atoms with Crippen LogP contribution in [-0.2, 0) is 6.42 Å². The summed E-state index contributed by atoms with van der Waals surface area (Å²) in [7, 11) is 0. The standard InChI is InChI=1S/C12H11NO2/c13-11-3-1-10(2-4-11)12(14)7-9-5-6-15-8-9/h1-6,8H,7,13H2. The third kappa shape index (κ3) is 2.26. The summed E-state index contributed by atoms with van der Waals surface area (Å²) >= 11 is 0. The molecular formula is C12H11NO2. The molecular weight excluding hydrogens is 190 g/mol. The molecule has 1 aromatic carbocycles. The fraction of sp³-hybridized carbons (Fsp3) is 0.0833. The van der Waals surface area contributed by atoms with Crippen LogP contribution in [0.3, 0.4) is 0 Å². The van der Waals surface area contributed by atoms with Gasteiger partial charge < -0.3 is 10.2 Å². The number of rotatable bonds is 3. The Kier molecular flexibility index (Phi) is 2.54. The molecule has 0 fully saturated rings. The van der Waals surface area contributed by atoms with E-state index in [4.69, 9.17) is 10.2 Å². The molecule has 0 aliphatic heterocycles. The number of nitrogens with two attached hydrogens (primary N) is 1. The lowest BCUT2D eigenvalue weighted by Crippen LogP contribution is -2.02. The molecule has 0 unspecified atom stereocenters. The monoisotopic (exact) mass is 201 g/mol. The lowest BCUT2D eigenvalue weighted by molar-refractivity contribution is 0.0993. The number of Topliss-reactive ketones (excluding diaryl/α,β-unsaturated/α-hetero) is 1. The van der Waals surface area contributed by atoms with Gasteiger partial charge in [-0.05, 0) is 35.9 Å². The summed E-state index contributed by atoms with van der Waals surface area (Å²) in [5, 5.41) is 0. The molecule has 0 radical (unpaired) electrons. The topological polar surface area (TPSA) is 56.2 Å². The zero-order chi connectivity index (χ0) is 10.7. The summed E-state index contributed by atoms with van der Waals surface area (Å²) in [5.74, 6) is 0.0661. The normalized spacial score (nSPS) is 10.1. The number of ketones is 1. The highest BCUT2D eigenvalue weighted by Gasteiger charge is 2.07. The maximum Gasteiger partial charge on any atom is 0.167 e. The van der Waals surface area contributed by atoms with Crippen LogP contribution in [0.1, 0.15) is 15.9 Å². The number of hydrogen-bond acceptors (Lipinski definition) is 3. The van der Waals surface area contributed by atoms with Crippen molar-refractivity contribution in [1.29, 1.82) is 0 Å². The molecule has 0 amide bonds. The molecule has 76 valence electrons. The SMILES string of the molecule is Nc1ccc(C(=O)Cc2ccoc2)cc1. The molecule has 1 aromatic heterocycles. The van der Waals surface area contributed by atoms with Gasteiger partial charge in [0.25, 0.3) is 0 Å². The molecule has 0 spiro atoms. The Morgan fingerprint density at radius 3 is 2.53 bits per heavy atom. The lowest BCUT2D eigenvalue weighted by atomic mass is 10.1. The molecule has 2 aromatic rings. The van der Waals surface area contributed by atoms with Crippen molar-refractivity contribution in [3.05, 3.63) is 54.0 Å². The van der Waals surface area contributed by atoms with Gasteiger partial charge >= 0.3 is 0 Å². The Bertz CT molecular complexity index is 443. The summed E-state index contributed by atoms with van der Waals surface area (Å²) < 4.78 is 4.90. The van der Waals surface area contributed by atoms with Gasteiger partial charge in [0.05, 0.1) is 12.5 Å². The minimum Gasteiger partial charge on any atom is -0.472 e. The van der Waals surface area contributed by atoms with E-state index in [2.05, 4.69) is 0 Å². The Labute approximate surface area is 87.5 Å². The van der Waals surface area contributed by atoms with Crippen molar-refractivity contribution >= 4 is 11.5 Å². The molecule has 0 aliphatic carbocycles. The van der Waals surface area contributed by atoms with Crippen LogP contribution in [-0.4, -0.2) is 5.78 Å². The Hall–Kier alpha value is -2.03. The maximum atomic E-state index is 11.7. The van der Waals surface area contributed by atoms with Crippen LogP contribution in [0.5, 0.6) is 0 Å². The van der Waals surface area contributed by atoms with Gasteiger partial charge in [-0.1, -0.05) is 0 Å². The first-order valence-corrected chi connectivity index (χ1v) is 4.65. The Morgan fingerprint density at radius 1 is 1.20 bits per heavy atom. The summed E-state index contributed by atoms with van der Waals surface area (Å²) in [5.41, 5.74) is 7.76. The Balaban J connectivity index is 2.11. The summed E-state index contributed by atoms with van der Waals surface area (Å²) in [6.45, 7) is 0. The van der Waals surface area contributed by atoms with E-state index in [9.17, 15) is 4.79 Å². The van der Waals surface area contributed by atoms with Crippen molar-refractivity contribution in [1.82, 2.24) is 0 Å². The number of furan rings is 1. The van der Waals surface area contributed by atoms with Gasteiger partial charge in [0.2, 0.25) is 0 Å². The average molecular weight is 201 g/mol. The van der Waals surface area contributed by atoms with E-state index in [0.29, 0.717) is 17.7 Å². The predicted octanol–water partition coefficient (Wildman–Crippen LogP) is 2.29. The van der Waals surface area contributed by atoms with E-state index in [-0.39, 0.29) is 5.78 Å². The van der Waals surface area contributed by atoms with Crippen LogP contribution < -0.4 is 5.73 Å². The molecule has 3 nitrogen and oxygen atoms in total. The van der Waals surface area contributed by atoms with Crippen LogP contribution in [0.15, 0.2) is 47.3 Å². The van der Waals surface area contributed by atoms with Gasteiger partial charge in [-0.25, -0.2) is 0 Å². The molecule has 0 saturated carbocycles. The fourth-order valence-corrected chi connectivity index (χ4v) is 1.35. The smallest absolute Gasteiger partial charge is 0.167 e. The van der Waals surface area contributed by atoms with Crippen molar-refractivity contribution in [3.8, 4) is 0 Å².